The van der Waals surface area contributed by atoms with Crippen molar-refractivity contribution in [2.75, 3.05) is 5.32 Å². The summed E-state index contributed by atoms with van der Waals surface area (Å²) in [5, 5.41) is 5.04. The molecule has 0 saturated heterocycles. The van der Waals surface area contributed by atoms with Gasteiger partial charge >= 0.3 is 6.01 Å². The Bertz CT molecular complexity index is 572. The molecule has 100 valence electrons. The number of furan rings is 1. The lowest BCUT2D eigenvalue weighted by atomic mass is 10.3. The summed E-state index contributed by atoms with van der Waals surface area (Å²) < 4.78 is 9.90. The predicted octanol–water partition coefficient (Wildman–Crippen LogP) is 1.66. The molecule has 0 aliphatic heterocycles. The van der Waals surface area contributed by atoms with Crippen molar-refractivity contribution in [2.24, 2.45) is 0 Å². The van der Waals surface area contributed by atoms with E-state index in [4.69, 9.17) is 8.83 Å². The Kier molecular flexibility index (Phi) is 3.65. The standard InChI is InChI=1S/C12H13N3O4/c1-7(2)13-10(16)8-6-19-12(14-8)15-11(17)9-4-3-5-18-9/h3-7H,1-2H3,(H,13,16)(H,14,15,17). The van der Waals surface area contributed by atoms with Gasteiger partial charge in [0.05, 0.1) is 6.26 Å². The fourth-order valence-electron chi connectivity index (χ4n) is 1.34. The maximum Gasteiger partial charge on any atom is 0.302 e. The molecule has 0 atom stereocenters. The molecule has 0 fully saturated rings. The molecule has 0 aliphatic rings. The van der Waals surface area contributed by atoms with Gasteiger partial charge in [-0.3, -0.25) is 14.9 Å². The van der Waals surface area contributed by atoms with Gasteiger partial charge in [-0.1, -0.05) is 0 Å². The van der Waals surface area contributed by atoms with Gasteiger partial charge in [-0.2, -0.15) is 4.98 Å². The molecule has 2 aromatic rings. The molecule has 0 radical (unpaired) electrons. The van der Waals surface area contributed by atoms with Crippen molar-refractivity contribution in [3.8, 4) is 0 Å². The van der Waals surface area contributed by atoms with Crippen LogP contribution in [-0.4, -0.2) is 22.8 Å². The molecular weight excluding hydrogens is 250 g/mol. The van der Waals surface area contributed by atoms with Crippen LogP contribution in [-0.2, 0) is 0 Å². The van der Waals surface area contributed by atoms with E-state index in [0.717, 1.165) is 0 Å². The Balaban J connectivity index is 2.01. The van der Waals surface area contributed by atoms with Gasteiger partial charge in [0, 0.05) is 6.04 Å². The van der Waals surface area contributed by atoms with Crippen LogP contribution in [0.15, 0.2) is 33.5 Å². The Morgan fingerprint density at radius 2 is 2.05 bits per heavy atom. The van der Waals surface area contributed by atoms with Crippen molar-refractivity contribution in [1.29, 1.82) is 0 Å². The Morgan fingerprint density at radius 3 is 2.68 bits per heavy atom. The first-order valence-electron chi connectivity index (χ1n) is 5.67. The van der Waals surface area contributed by atoms with Crippen molar-refractivity contribution in [1.82, 2.24) is 10.3 Å². The lowest BCUT2D eigenvalue weighted by molar-refractivity contribution is 0.0936. The van der Waals surface area contributed by atoms with E-state index in [1.807, 2.05) is 13.8 Å². The third-order valence-electron chi connectivity index (χ3n) is 2.12. The van der Waals surface area contributed by atoms with Crippen LogP contribution in [0.25, 0.3) is 0 Å². The fraction of sp³-hybridized carbons (Fsp3) is 0.250. The summed E-state index contributed by atoms with van der Waals surface area (Å²) in [5.74, 6) is -0.730. The van der Waals surface area contributed by atoms with Crippen molar-refractivity contribution in [2.45, 2.75) is 19.9 Å². The van der Waals surface area contributed by atoms with Crippen LogP contribution in [0.2, 0.25) is 0 Å². The molecule has 0 saturated carbocycles. The number of anilines is 1. The minimum Gasteiger partial charge on any atom is -0.459 e. The van der Waals surface area contributed by atoms with E-state index in [1.54, 1.807) is 6.07 Å². The summed E-state index contributed by atoms with van der Waals surface area (Å²) in [4.78, 5) is 27.1. The SMILES string of the molecule is CC(C)NC(=O)c1coc(NC(=O)c2ccco2)n1. The molecular formula is C12H13N3O4. The third kappa shape index (κ3) is 3.21. The third-order valence-corrected chi connectivity index (χ3v) is 2.12. The van der Waals surface area contributed by atoms with Gasteiger partial charge in [0.15, 0.2) is 11.5 Å². The smallest absolute Gasteiger partial charge is 0.302 e. The van der Waals surface area contributed by atoms with Gasteiger partial charge in [-0.15, -0.1) is 0 Å². The molecule has 2 heterocycles. The largest absolute Gasteiger partial charge is 0.459 e. The highest BCUT2D eigenvalue weighted by Gasteiger charge is 2.16. The summed E-state index contributed by atoms with van der Waals surface area (Å²) in [6.07, 6.45) is 2.56. The summed E-state index contributed by atoms with van der Waals surface area (Å²) >= 11 is 0. The quantitative estimate of drug-likeness (QED) is 0.874. The molecule has 0 spiro atoms. The van der Waals surface area contributed by atoms with E-state index in [0.29, 0.717) is 0 Å². The number of aromatic nitrogens is 1. The molecule has 0 aliphatic carbocycles. The molecule has 2 amide bonds. The minimum absolute atomic E-state index is 0.00893. The fourth-order valence-corrected chi connectivity index (χ4v) is 1.34. The number of hydrogen-bond acceptors (Lipinski definition) is 5. The van der Waals surface area contributed by atoms with Crippen LogP contribution < -0.4 is 10.6 Å². The number of nitrogens with zero attached hydrogens (tertiary/aromatic N) is 1. The maximum atomic E-state index is 11.6. The Hall–Kier alpha value is -2.57. The second-order valence-corrected chi connectivity index (χ2v) is 4.10. The highest BCUT2D eigenvalue weighted by atomic mass is 16.4. The minimum atomic E-state index is -0.498. The van der Waals surface area contributed by atoms with Crippen LogP contribution >= 0.6 is 0 Å². The van der Waals surface area contributed by atoms with Gasteiger partial charge in [-0.25, -0.2) is 0 Å². The maximum absolute atomic E-state index is 11.6. The summed E-state index contributed by atoms with van der Waals surface area (Å²) in [7, 11) is 0. The highest BCUT2D eigenvalue weighted by Crippen LogP contribution is 2.10. The van der Waals surface area contributed by atoms with Gasteiger partial charge in [0.2, 0.25) is 0 Å². The Labute approximate surface area is 109 Å². The van der Waals surface area contributed by atoms with E-state index in [2.05, 4.69) is 15.6 Å². The summed E-state index contributed by atoms with van der Waals surface area (Å²) in [6, 6.07) is 3.03. The zero-order chi connectivity index (χ0) is 13.8. The number of carbonyl (C=O) groups is 2. The summed E-state index contributed by atoms with van der Waals surface area (Å²) in [5.41, 5.74) is 0.100. The van der Waals surface area contributed by atoms with Crippen molar-refractivity contribution >= 4 is 17.8 Å². The monoisotopic (exact) mass is 263 g/mol. The van der Waals surface area contributed by atoms with Crippen molar-refractivity contribution < 1.29 is 18.4 Å². The lowest BCUT2D eigenvalue weighted by Crippen LogP contribution is -2.30. The van der Waals surface area contributed by atoms with E-state index in [9.17, 15) is 9.59 Å². The molecule has 0 bridgehead atoms. The predicted molar refractivity (Wildman–Crippen MR) is 65.8 cm³/mol. The zero-order valence-corrected chi connectivity index (χ0v) is 10.5. The van der Waals surface area contributed by atoms with E-state index >= 15 is 0 Å². The number of amides is 2. The van der Waals surface area contributed by atoms with E-state index in [1.165, 1.54) is 18.6 Å². The van der Waals surface area contributed by atoms with Gasteiger partial charge in [-0.05, 0) is 26.0 Å². The van der Waals surface area contributed by atoms with E-state index in [-0.39, 0.29) is 29.4 Å². The highest BCUT2D eigenvalue weighted by molar-refractivity contribution is 6.01. The number of rotatable bonds is 4. The number of carbonyl (C=O) groups excluding carboxylic acids is 2. The first-order valence-corrected chi connectivity index (χ1v) is 5.67. The first-order chi connectivity index (χ1) is 9.06. The van der Waals surface area contributed by atoms with Gasteiger partial charge < -0.3 is 14.2 Å². The lowest BCUT2D eigenvalue weighted by Gasteiger charge is -2.04. The molecule has 2 rings (SSSR count). The normalized spacial score (nSPS) is 10.5. The second-order valence-electron chi connectivity index (χ2n) is 4.10. The molecule has 0 aromatic carbocycles. The molecule has 0 unspecified atom stereocenters. The average molecular weight is 263 g/mol. The molecule has 2 N–H and O–H groups in total. The van der Waals surface area contributed by atoms with E-state index < -0.39 is 5.91 Å². The molecule has 7 nitrogen and oxygen atoms in total. The number of nitrogens with one attached hydrogen (secondary N) is 2. The second kappa shape index (κ2) is 5.38. The van der Waals surface area contributed by atoms with Gasteiger partial charge in [0.1, 0.15) is 6.26 Å². The van der Waals surface area contributed by atoms with Crippen LogP contribution in [0.3, 0.4) is 0 Å². The van der Waals surface area contributed by atoms with Crippen molar-refractivity contribution in [3.05, 3.63) is 36.1 Å². The Morgan fingerprint density at radius 1 is 1.26 bits per heavy atom. The van der Waals surface area contributed by atoms with Crippen molar-refractivity contribution in [3.63, 3.8) is 0 Å². The number of oxazole rings is 1. The molecule has 2 aromatic heterocycles. The van der Waals surface area contributed by atoms with Crippen LogP contribution in [0.4, 0.5) is 6.01 Å². The zero-order valence-electron chi connectivity index (χ0n) is 10.5. The topological polar surface area (TPSA) is 97.4 Å². The first kappa shape index (κ1) is 12.9. The average Bonchev–Trinajstić information content (AvgIpc) is 2.98. The number of hydrogen-bond donors (Lipinski definition) is 2. The molecule has 19 heavy (non-hydrogen) atoms. The van der Waals surface area contributed by atoms with Gasteiger partial charge in [0.25, 0.3) is 11.8 Å². The van der Waals surface area contributed by atoms with Crippen LogP contribution in [0.5, 0.6) is 0 Å². The molecule has 7 heteroatoms. The van der Waals surface area contributed by atoms with Crippen LogP contribution in [0.1, 0.15) is 34.9 Å². The summed E-state index contributed by atoms with van der Waals surface area (Å²) in [6.45, 7) is 3.66. The van der Waals surface area contributed by atoms with Crippen LogP contribution in [0, 0.1) is 0 Å².